The predicted molar refractivity (Wildman–Crippen MR) is 102 cm³/mol. The Labute approximate surface area is 154 Å². The van der Waals surface area contributed by atoms with Crippen LogP contribution in [0, 0.1) is 0 Å². The van der Waals surface area contributed by atoms with Gasteiger partial charge in [0.05, 0.1) is 6.04 Å². The van der Waals surface area contributed by atoms with Gasteiger partial charge in [-0.2, -0.15) is 0 Å². The number of carbonyl (C=O) groups is 1. The number of nitrogens with zero attached hydrogens (tertiary/aromatic N) is 1. The maximum Gasteiger partial charge on any atom is 0.317 e. The maximum absolute atomic E-state index is 12.5. The molecule has 2 aromatic carbocycles. The highest BCUT2D eigenvalue weighted by Crippen LogP contribution is 2.32. The van der Waals surface area contributed by atoms with Crippen LogP contribution in [0.4, 0.5) is 4.79 Å². The third-order valence-corrected chi connectivity index (χ3v) is 4.60. The van der Waals surface area contributed by atoms with Crippen LogP contribution in [-0.4, -0.2) is 31.2 Å². The van der Waals surface area contributed by atoms with Crippen molar-refractivity contribution in [3.8, 4) is 11.5 Å². The van der Waals surface area contributed by atoms with Gasteiger partial charge in [0.15, 0.2) is 11.5 Å². The molecule has 0 aromatic heterocycles. The normalized spacial score (nSPS) is 13.8. The van der Waals surface area contributed by atoms with Gasteiger partial charge in [-0.1, -0.05) is 37.3 Å². The second-order valence-electron chi connectivity index (χ2n) is 6.60. The van der Waals surface area contributed by atoms with Crippen LogP contribution in [0.5, 0.6) is 11.5 Å². The molecule has 2 aromatic rings. The highest BCUT2D eigenvalue weighted by atomic mass is 16.6. The number of urea groups is 1. The number of rotatable bonds is 5. The zero-order valence-electron chi connectivity index (χ0n) is 15.6. The number of hydrogen-bond acceptors (Lipinski definition) is 3. The van der Waals surface area contributed by atoms with Crippen molar-refractivity contribution in [2.24, 2.45) is 0 Å². The Morgan fingerprint density at radius 1 is 1.08 bits per heavy atom. The van der Waals surface area contributed by atoms with Gasteiger partial charge in [0, 0.05) is 13.6 Å². The molecule has 1 unspecified atom stereocenters. The van der Waals surface area contributed by atoms with Crippen LogP contribution in [-0.2, 0) is 13.0 Å². The Hall–Kier alpha value is -2.69. The third kappa shape index (κ3) is 4.28. The van der Waals surface area contributed by atoms with Crippen molar-refractivity contribution in [3.05, 3.63) is 59.2 Å². The van der Waals surface area contributed by atoms with E-state index in [1.807, 2.05) is 25.1 Å². The van der Waals surface area contributed by atoms with Crippen LogP contribution in [0.2, 0.25) is 0 Å². The number of aryl methyl sites for hydroxylation is 1. The third-order valence-electron chi connectivity index (χ3n) is 4.60. The number of amides is 2. The largest absolute Gasteiger partial charge is 0.486 e. The van der Waals surface area contributed by atoms with Gasteiger partial charge in [-0.3, -0.25) is 0 Å². The van der Waals surface area contributed by atoms with Crippen LogP contribution in [0.25, 0.3) is 0 Å². The van der Waals surface area contributed by atoms with Gasteiger partial charge in [0.25, 0.3) is 0 Å². The summed E-state index contributed by atoms with van der Waals surface area (Å²) in [7, 11) is 1.81. The van der Waals surface area contributed by atoms with E-state index in [2.05, 4.69) is 36.5 Å². The Morgan fingerprint density at radius 2 is 1.73 bits per heavy atom. The van der Waals surface area contributed by atoms with Crippen LogP contribution >= 0.6 is 0 Å². The molecule has 0 aliphatic carbocycles. The molecule has 26 heavy (non-hydrogen) atoms. The minimum Gasteiger partial charge on any atom is -0.486 e. The first-order valence-electron chi connectivity index (χ1n) is 9.06. The summed E-state index contributed by atoms with van der Waals surface area (Å²) < 4.78 is 11.2. The van der Waals surface area contributed by atoms with Gasteiger partial charge >= 0.3 is 6.03 Å². The summed E-state index contributed by atoms with van der Waals surface area (Å²) >= 11 is 0. The number of fused-ring (bicyclic) bond motifs is 1. The van der Waals surface area contributed by atoms with E-state index < -0.39 is 0 Å². The zero-order valence-corrected chi connectivity index (χ0v) is 15.6. The standard InChI is InChI=1S/C21H26N2O3/c1-4-16-5-7-17(8-6-16)14-23(3)21(24)22-15(2)18-9-10-19-20(13-18)26-12-11-25-19/h5-10,13,15H,4,11-12,14H2,1-3H3,(H,22,24). The fourth-order valence-electron chi connectivity index (χ4n) is 2.93. The molecule has 0 spiro atoms. The summed E-state index contributed by atoms with van der Waals surface area (Å²) in [6, 6.07) is 13.9. The van der Waals surface area contributed by atoms with Gasteiger partial charge in [-0.05, 0) is 42.2 Å². The van der Waals surface area contributed by atoms with E-state index >= 15 is 0 Å². The van der Waals surface area contributed by atoms with Gasteiger partial charge in [-0.25, -0.2) is 4.79 Å². The summed E-state index contributed by atoms with van der Waals surface area (Å²) in [6.07, 6.45) is 1.02. The summed E-state index contributed by atoms with van der Waals surface area (Å²) in [5, 5.41) is 3.04. The highest BCUT2D eigenvalue weighted by Gasteiger charge is 2.17. The van der Waals surface area contributed by atoms with Gasteiger partial charge in [0.2, 0.25) is 0 Å². The number of ether oxygens (including phenoxy) is 2. The molecule has 1 N–H and O–H groups in total. The molecule has 0 fully saturated rings. The Balaban J connectivity index is 1.59. The second kappa shape index (κ2) is 8.13. The lowest BCUT2D eigenvalue weighted by Gasteiger charge is -2.23. The fraction of sp³-hybridized carbons (Fsp3) is 0.381. The van der Waals surface area contributed by atoms with E-state index in [1.165, 1.54) is 5.56 Å². The van der Waals surface area contributed by atoms with Crippen molar-refractivity contribution in [3.63, 3.8) is 0 Å². The van der Waals surface area contributed by atoms with Crippen molar-refractivity contribution in [1.82, 2.24) is 10.2 Å². The molecule has 138 valence electrons. The molecule has 1 aliphatic heterocycles. The monoisotopic (exact) mass is 354 g/mol. The summed E-state index contributed by atoms with van der Waals surface area (Å²) in [6.45, 7) is 5.80. The number of carbonyl (C=O) groups excluding carboxylic acids is 1. The summed E-state index contributed by atoms with van der Waals surface area (Å²) in [4.78, 5) is 14.2. The molecule has 1 heterocycles. The number of nitrogens with one attached hydrogen (secondary N) is 1. The van der Waals surface area contributed by atoms with E-state index in [1.54, 1.807) is 11.9 Å². The maximum atomic E-state index is 12.5. The lowest BCUT2D eigenvalue weighted by molar-refractivity contribution is 0.171. The summed E-state index contributed by atoms with van der Waals surface area (Å²) in [5.74, 6) is 1.49. The van der Waals surface area contributed by atoms with Crippen LogP contribution in [0.1, 0.15) is 36.6 Å². The average molecular weight is 354 g/mol. The van der Waals surface area contributed by atoms with Gasteiger partial charge in [0.1, 0.15) is 13.2 Å². The van der Waals surface area contributed by atoms with E-state index in [9.17, 15) is 4.79 Å². The zero-order chi connectivity index (χ0) is 18.5. The molecular weight excluding hydrogens is 328 g/mol. The molecule has 0 saturated carbocycles. The van der Waals surface area contributed by atoms with E-state index in [4.69, 9.17) is 9.47 Å². The van der Waals surface area contributed by atoms with Gasteiger partial charge < -0.3 is 19.7 Å². The first-order valence-corrected chi connectivity index (χ1v) is 9.06. The molecule has 5 heteroatoms. The Bertz CT molecular complexity index is 758. The van der Waals surface area contributed by atoms with Crippen molar-refractivity contribution in [1.29, 1.82) is 0 Å². The van der Waals surface area contributed by atoms with Crippen molar-refractivity contribution >= 4 is 6.03 Å². The van der Waals surface area contributed by atoms with Crippen LogP contribution < -0.4 is 14.8 Å². The molecule has 2 amide bonds. The van der Waals surface area contributed by atoms with E-state index in [-0.39, 0.29) is 12.1 Å². The second-order valence-corrected chi connectivity index (χ2v) is 6.60. The van der Waals surface area contributed by atoms with Crippen molar-refractivity contribution in [2.45, 2.75) is 32.9 Å². The van der Waals surface area contributed by atoms with Crippen LogP contribution in [0.3, 0.4) is 0 Å². The SMILES string of the molecule is CCc1ccc(CN(C)C(=O)NC(C)c2ccc3c(c2)OCCO3)cc1. The lowest BCUT2D eigenvalue weighted by atomic mass is 10.1. The lowest BCUT2D eigenvalue weighted by Crippen LogP contribution is -2.38. The Morgan fingerprint density at radius 3 is 2.42 bits per heavy atom. The first kappa shape index (κ1) is 18.1. The first-order chi connectivity index (χ1) is 12.6. The quantitative estimate of drug-likeness (QED) is 0.885. The van der Waals surface area contributed by atoms with E-state index in [0.29, 0.717) is 19.8 Å². The molecule has 0 bridgehead atoms. The Kier molecular flexibility index (Phi) is 5.66. The molecule has 5 nitrogen and oxygen atoms in total. The molecule has 0 saturated heterocycles. The fourth-order valence-corrected chi connectivity index (χ4v) is 2.93. The van der Waals surface area contributed by atoms with Crippen molar-refractivity contribution in [2.75, 3.05) is 20.3 Å². The summed E-state index contributed by atoms with van der Waals surface area (Å²) in [5.41, 5.74) is 3.41. The topological polar surface area (TPSA) is 50.8 Å². The van der Waals surface area contributed by atoms with Crippen molar-refractivity contribution < 1.29 is 14.3 Å². The number of benzene rings is 2. The van der Waals surface area contributed by atoms with Crippen LogP contribution in [0.15, 0.2) is 42.5 Å². The van der Waals surface area contributed by atoms with E-state index in [0.717, 1.165) is 29.0 Å². The molecule has 1 aliphatic rings. The molecule has 1 atom stereocenters. The molecular formula is C21H26N2O3. The smallest absolute Gasteiger partial charge is 0.317 e. The average Bonchev–Trinajstić information content (AvgIpc) is 2.68. The molecule has 3 rings (SSSR count). The minimum atomic E-state index is -0.122. The molecule has 0 radical (unpaired) electrons. The van der Waals surface area contributed by atoms with Gasteiger partial charge in [-0.15, -0.1) is 0 Å². The predicted octanol–water partition coefficient (Wildman–Crippen LogP) is 3.92. The highest BCUT2D eigenvalue weighted by molar-refractivity contribution is 5.74. The number of hydrogen-bond donors (Lipinski definition) is 1. The minimum absolute atomic E-state index is 0.105.